The number of nitrogens with one attached hydrogen (secondary N) is 2. The standard InChI is InChI=1S/C26H31N7O3/c1-16(2)24-30-25(32-31-24)20-15-33-9-12-34-21-13-17(6-7-18(21)26(33)29-20)19-14-27-22(28-19)8-11-36-23-5-3-4-10-35-23/h6-7,13-16,23H,3-5,8-12H2,1-2H3,(H,27,28)(H,30,31,32). The second kappa shape index (κ2) is 9.87. The van der Waals surface area contributed by atoms with E-state index in [1.54, 1.807) is 0 Å². The van der Waals surface area contributed by atoms with Crippen molar-refractivity contribution >= 4 is 0 Å². The average Bonchev–Trinajstić information content (AvgIpc) is 3.63. The minimum absolute atomic E-state index is 0.0796. The van der Waals surface area contributed by atoms with E-state index in [4.69, 9.17) is 19.2 Å². The molecule has 0 bridgehead atoms. The molecule has 1 fully saturated rings. The zero-order valence-corrected chi connectivity index (χ0v) is 20.7. The molecule has 2 aliphatic heterocycles. The molecule has 4 aromatic rings. The van der Waals surface area contributed by atoms with E-state index >= 15 is 0 Å². The van der Waals surface area contributed by atoms with Crippen molar-refractivity contribution in [3.8, 4) is 39.9 Å². The number of H-pyrrole nitrogens is 2. The number of hydrogen-bond donors (Lipinski definition) is 2. The zero-order chi connectivity index (χ0) is 24.5. The summed E-state index contributed by atoms with van der Waals surface area (Å²) in [6.07, 6.45) is 7.74. The Bertz CT molecular complexity index is 1330. The highest BCUT2D eigenvalue weighted by molar-refractivity contribution is 5.73. The van der Waals surface area contributed by atoms with Crippen LogP contribution in [0.4, 0.5) is 0 Å². The quantitative estimate of drug-likeness (QED) is 0.397. The van der Waals surface area contributed by atoms with Gasteiger partial charge >= 0.3 is 0 Å². The van der Waals surface area contributed by atoms with Crippen molar-refractivity contribution in [2.24, 2.45) is 0 Å². The van der Waals surface area contributed by atoms with Gasteiger partial charge < -0.3 is 23.8 Å². The topological polar surface area (TPSA) is 116 Å². The molecule has 36 heavy (non-hydrogen) atoms. The van der Waals surface area contributed by atoms with Gasteiger partial charge in [0.1, 0.15) is 35.5 Å². The van der Waals surface area contributed by atoms with Gasteiger partial charge in [-0.1, -0.05) is 19.9 Å². The smallest absolute Gasteiger partial charge is 0.201 e. The molecule has 1 atom stereocenters. The Balaban J connectivity index is 1.19. The second-order valence-corrected chi connectivity index (χ2v) is 9.56. The third-order valence-electron chi connectivity index (χ3n) is 6.59. The molecule has 5 heterocycles. The molecule has 10 nitrogen and oxygen atoms in total. The van der Waals surface area contributed by atoms with Crippen LogP contribution in [0.25, 0.3) is 34.2 Å². The van der Waals surface area contributed by atoms with Gasteiger partial charge in [-0.2, -0.15) is 5.10 Å². The van der Waals surface area contributed by atoms with Crippen molar-refractivity contribution in [3.63, 3.8) is 0 Å². The summed E-state index contributed by atoms with van der Waals surface area (Å²) in [5.74, 6) is 4.30. The Hall–Kier alpha value is -3.50. The highest BCUT2D eigenvalue weighted by Crippen LogP contribution is 2.36. The summed E-state index contributed by atoms with van der Waals surface area (Å²) < 4.78 is 19.7. The monoisotopic (exact) mass is 489 g/mol. The fourth-order valence-corrected chi connectivity index (χ4v) is 4.57. The van der Waals surface area contributed by atoms with Gasteiger partial charge in [0.2, 0.25) is 5.82 Å². The lowest BCUT2D eigenvalue weighted by Gasteiger charge is -2.22. The highest BCUT2D eigenvalue weighted by atomic mass is 16.7. The maximum Gasteiger partial charge on any atom is 0.201 e. The maximum absolute atomic E-state index is 6.11. The van der Waals surface area contributed by atoms with E-state index in [0.29, 0.717) is 32.0 Å². The molecule has 1 unspecified atom stereocenters. The van der Waals surface area contributed by atoms with Gasteiger partial charge in [-0.25, -0.2) is 15.0 Å². The van der Waals surface area contributed by atoms with Crippen molar-refractivity contribution in [1.82, 2.24) is 34.7 Å². The summed E-state index contributed by atoms with van der Waals surface area (Å²) in [6, 6.07) is 6.17. The van der Waals surface area contributed by atoms with Crippen molar-refractivity contribution in [2.75, 3.05) is 19.8 Å². The molecule has 10 heteroatoms. The first-order valence-corrected chi connectivity index (χ1v) is 12.7. The van der Waals surface area contributed by atoms with Crippen LogP contribution in [-0.4, -0.2) is 60.8 Å². The van der Waals surface area contributed by atoms with E-state index in [-0.39, 0.29) is 12.2 Å². The van der Waals surface area contributed by atoms with Crippen LogP contribution in [0, 0.1) is 0 Å². The number of aromatic amines is 2. The summed E-state index contributed by atoms with van der Waals surface area (Å²) in [5.41, 5.74) is 3.66. The molecular formula is C26H31N7O3. The van der Waals surface area contributed by atoms with E-state index in [9.17, 15) is 0 Å². The minimum atomic E-state index is -0.0796. The lowest BCUT2D eigenvalue weighted by atomic mass is 10.1. The molecule has 1 aromatic carbocycles. The number of hydrogen-bond acceptors (Lipinski definition) is 7. The molecule has 0 aliphatic carbocycles. The highest BCUT2D eigenvalue weighted by Gasteiger charge is 2.22. The fourth-order valence-electron chi connectivity index (χ4n) is 4.57. The summed E-state index contributed by atoms with van der Waals surface area (Å²) >= 11 is 0. The van der Waals surface area contributed by atoms with Crippen LogP contribution in [0.15, 0.2) is 30.6 Å². The lowest BCUT2D eigenvalue weighted by Crippen LogP contribution is -2.23. The van der Waals surface area contributed by atoms with E-state index in [2.05, 4.69) is 55.7 Å². The summed E-state index contributed by atoms with van der Waals surface area (Å²) in [6.45, 7) is 6.80. The maximum atomic E-state index is 6.11. The predicted octanol–water partition coefficient (Wildman–Crippen LogP) is 4.33. The SMILES string of the molecule is CC(C)c1nc(-c2cn3c(n2)-c2ccc(-c4cnc(CCOC5CCCCO5)[nH]4)cc2OCC3)n[nH]1. The summed E-state index contributed by atoms with van der Waals surface area (Å²) in [4.78, 5) is 17.4. The van der Waals surface area contributed by atoms with Crippen molar-refractivity contribution in [1.29, 1.82) is 0 Å². The second-order valence-electron chi connectivity index (χ2n) is 9.56. The minimum Gasteiger partial charge on any atom is -0.491 e. The van der Waals surface area contributed by atoms with Crippen molar-refractivity contribution in [2.45, 2.75) is 58.3 Å². The number of rotatable bonds is 7. The first kappa shape index (κ1) is 22.9. The van der Waals surface area contributed by atoms with Gasteiger partial charge in [0.25, 0.3) is 0 Å². The third-order valence-corrected chi connectivity index (χ3v) is 6.59. The van der Waals surface area contributed by atoms with Gasteiger partial charge in [0.15, 0.2) is 6.29 Å². The lowest BCUT2D eigenvalue weighted by molar-refractivity contribution is -0.161. The van der Waals surface area contributed by atoms with Crippen molar-refractivity contribution in [3.05, 3.63) is 42.2 Å². The average molecular weight is 490 g/mol. The molecule has 2 aliphatic rings. The number of ether oxygens (including phenoxy) is 3. The normalized spacial score (nSPS) is 17.5. The van der Waals surface area contributed by atoms with Gasteiger partial charge in [-0.15, -0.1) is 0 Å². The summed E-state index contributed by atoms with van der Waals surface area (Å²) in [7, 11) is 0. The van der Waals surface area contributed by atoms with Crippen molar-refractivity contribution < 1.29 is 14.2 Å². The molecular weight excluding hydrogens is 458 g/mol. The van der Waals surface area contributed by atoms with Crippen LogP contribution in [0.1, 0.15) is 50.7 Å². The van der Waals surface area contributed by atoms with E-state index < -0.39 is 0 Å². The van der Waals surface area contributed by atoms with Crippen LogP contribution in [0.2, 0.25) is 0 Å². The van der Waals surface area contributed by atoms with Gasteiger partial charge in [-0.05, 0) is 31.4 Å². The Labute approximate surface area is 209 Å². The van der Waals surface area contributed by atoms with Crippen LogP contribution in [-0.2, 0) is 22.4 Å². The Morgan fingerprint density at radius 2 is 2.14 bits per heavy atom. The number of nitrogens with zero attached hydrogens (tertiary/aromatic N) is 5. The molecule has 188 valence electrons. The molecule has 1 saturated heterocycles. The molecule has 0 spiro atoms. The number of fused-ring (bicyclic) bond motifs is 3. The van der Waals surface area contributed by atoms with E-state index in [1.165, 1.54) is 0 Å². The fraction of sp³-hybridized carbons (Fsp3) is 0.462. The first-order chi connectivity index (χ1) is 17.6. The number of aromatic nitrogens is 7. The molecule has 6 rings (SSSR count). The van der Waals surface area contributed by atoms with Gasteiger partial charge in [0.05, 0.1) is 30.6 Å². The predicted molar refractivity (Wildman–Crippen MR) is 133 cm³/mol. The Morgan fingerprint density at radius 1 is 1.19 bits per heavy atom. The van der Waals surface area contributed by atoms with Gasteiger partial charge in [-0.3, -0.25) is 5.10 Å². The van der Waals surface area contributed by atoms with Gasteiger partial charge in [0, 0.05) is 30.7 Å². The van der Waals surface area contributed by atoms with E-state index in [1.807, 2.05) is 18.5 Å². The molecule has 3 aromatic heterocycles. The Morgan fingerprint density at radius 3 is 2.97 bits per heavy atom. The molecule has 0 radical (unpaired) electrons. The molecule has 2 N–H and O–H groups in total. The Kier molecular flexibility index (Phi) is 6.28. The van der Waals surface area contributed by atoms with Crippen LogP contribution < -0.4 is 4.74 Å². The summed E-state index contributed by atoms with van der Waals surface area (Å²) in [5, 5.41) is 7.38. The zero-order valence-electron chi connectivity index (χ0n) is 20.7. The van der Waals surface area contributed by atoms with Crippen LogP contribution in [0.3, 0.4) is 0 Å². The van der Waals surface area contributed by atoms with Crippen LogP contribution >= 0.6 is 0 Å². The first-order valence-electron chi connectivity index (χ1n) is 12.7. The largest absolute Gasteiger partial charge is 0.491 e. The van der Waals surface area contributed by atoms with Crippen LogP contribution in [0.5, 0.6) is 5.75 Å². The molecule has 0 saturated carbocycles. The number of imidazole rings is 2. The molecule has 0 amide bonds. The van der Waals surface area contributed by atoms with E-state index in [0.717, 1.165) is 71.6 Å². The number of benzene rings is 1. The third kappa shape index (κ3) is 4.66.